The van der Waals surface area contributed by atoms with Crippen LogP contribution in [-0.4, -0.2) is 36.1 Å². The number of halogens is 3. The van der Waals surface area contributed by atoms with E-state index in [1.807, 2.05) is 6.07 Å². The summed E-state index contributed by atoms with van der Waals surface area (Å²) in [6.45, 7) is 3.35. The van der Waals surface area contributed by atoms with Crippen molar-refractivity contribution >= 4 is 40.1 Å². The lowest BCUT2D eigenvalue weighted by atomic mass is 10.1. The van der Waals surface area contributed by atoms with Gasteiger partial charge in [-0.3, -0.25) is 0 Å². The molecule has 0 atom stereocenters. The summed E-state index contributed by atoms with van der Waals surface area (Å²) in [5.41, 5.74) is 2.12. The highest BCUT2D eigenvalue weighted by molar-refractivity contribution is 6.42. The van der Waals surface area contributed by atoms with Crippen molar-refractivity contribution < 1.29 is 4.39 Å². The zero-order valence-electron chi connectivity index (χ0n) is 13.3. The van der Waals surface area contributed by atoms with Crippen LogP contribution in [0.1, 0.15) is 0 Å². The van der Waals surface area contributed by atoms with E-state index < -0.39 is 0 Å². The monoisotopic (exact) mass is 376 g/mol. The maximum absolute atomic E-state index is 13.7. The van der Waals surface area contributed by atoms with Gasteiger partial charge in [0.25, 0.3) is 0 Å². The molecule has 2 heterocycles. The molecule has 1 aromatic heterocycles. The highest BCUT2D eigenvalue weighted by atomic mass is 35.5. The van der Waals surface area contributed by atoms with Crippen LogP contribution in [0.3, 0.4) is 0 Å². The number of hydrogen-bond acceptors (Lipinski definition) is 4. The summed E-state index contributed by atoms with van der Waals surface area (Å²) in [6.07, 6.45) is 0. The number of rotatable bonds is 2. The standard InChI is InChI=1S/C18H15Cl2FN4/c19-14-4-1-11(9-15(14)20)17-13-3-2-12(21)10-16(13)23-18(24-17)25-7-5-22-6-8-25/h1-4,9-10,22H,5-8H2. The summed E-state index contributed by atoms with van der Waals surface area (Å²) in [7, 11) is 0. The Hall–Kier alpha value is -1.95. The topological polar surface area (TPSA) is 41.1 Å². The summed E-state index contributed by atoms with van der Waals surface area (Å²) in [4.78, 5) is 11.4. The minimum absolute atomic E-state index is 0.322. The lowest BCUT2D eigenvalue weighted by Crippen LogP contribution is -2.44. The molecule has 0 unspecified atom stereocenters. The molecule has 1 saturated heterocycles. The van der Waals surface area contributed by atoms with Gasteiger partial charge in [0.1, 0.15) is 5.82 Å². The second kappa shape index (κ2) is 6.75. The van der Waals surface area contributed by atoms with Gasteiger partial charge in [-0.25, -0.2) is 14.4 Å². The van der Waals surface area contributed by atoms with Crippen LogP contribution in [0.4, 0.5) is 10.3 Å². The molecule has 3 aromatic rings. The fourth-order valence-electron chi connectivity index (χ4n) is 2.96. The van der Waals surface area contributed by atoms with Gasteiger partial charge in [-0.15, -0.1) is 0 Å². The van der Waals surface area contributed by atoms with Crippen molar-refractivity contribution in [3.05, 3.63) is 52.3 Å². The largest absolute Gasteiger partial charge is 0.338 e. The van der Waals surface area contributed by atoms with Gasteiger partial charge in [0.15, 0.2) is 0 Å². The van der Waals surface area contributed by atoms with Crippen molar-refractivity contribution in [2.24, 2.45) is 0 Å². The second-order valence-corrected chi connectivity index (χ2v) is 6.71. The van der Waals surface area contributed by atoms with Gasteiger partial charge in [0, 0.05) is 43.2 Å². The van der Waals surface area contributed by atoms with Crippen LogP contribution in [0.25, 0.3) is 22.2 Å². The Morgan fingerprint density at radius 1 is 0.960 bits per heavy atom. The smallest absolute Gasteiger partial charge is 0.226 e. The molecule has 1 N–H and O–H groups in total. The Balaban J connectivity index is 1.92. The van der Waals surface area contributed by atoms with Crippen molar-refractivity contribution in [2.45, 2.75) is 0 Å². The van der Waals surface area contributed by atoms with Crippen LogP contribution in [0.15, 0.2) is 36.4 Å². The van der Waals surface area contributed by atoms with Crippen molar-refractivity contribution in [3.8, 4) is 11.3 Å². The molecule has 128 valence electrons. The average molecular weight is 377 g/mol. The van der Waals surface area contributed by atoms with Crippen LogP contribution < -0.4 is 10.2 Å². The van der Waals surface area contributed by atoms with E-state index in [0.717, 1.165) is 42.8 Å². The van der Waals surface area contributed by atoms with E-state index in [2.05, 4.69) is 15.2 Å². The Bertz CT molecular complexity index is 942. The molecule has 2 aromatic carbocycles. The van der Waals surface area contributed by atoms with Crippen LogP contribution >= 0.6 is 23.2 Å². The molecule has 4 nitrogen and oxygen atoms in total. The first-order chi connectivity index (χ1) is 12.1. The molecule has 0 saturated carbocycles. The van der Waals surface area contributed by atoms with Gasteiger partial charge in [-0.2, -0.15) is 0 Å². The molecule has 0 bridgehead atoms. The van der Waals surface area contributed by atoms with Gasteiger partial charge < -0.3 is 10.2 Å². The van der Waals surface area contributed by atoms with Crippen LogP contribution in [0, 0.1) is 5.82 Å². The number of aromatic nitrogens is 2. The number of benzene rings is 2. The summed E-state index contributed by atoms with van der Waals surface area (Å²) >= 11 is 12.2. The molecular formula is C18H15Cl2FN4. The molecule has 0 radical (unpaired) electrons. The number of piperazine rings is 1. The fraction of sp³-hybridized carbons (Fsp3) is 0.222. The minimum Gasteiger partial charge on any atom is -0.338 e. The van der Waals surface area contributed by atoms with Crippen molar-refractivity contribution in [2.75, 3.05) is 31.1 Å². The normalized spacial score (nSPS) is 14.9. The maximum atomic E-state index is 13.7. The first kappa shape index (κ1) is 16.5. The molecule has 4 rings (SSSR count). The van der Waals surface area contributed by atoms with E-state index in [1.54, 1.807) is 18.2 Å². The number of anilines is 1. The summed E-state index contributed by atoms with van der Waals surface area (Å²) < 4.78 is 13.7. The lowest BCUT2D eigenvalue weighted by molar-refractivity contribution is 0.580. The molecule has 0 amide bonds. The molecule has 25 heavy (non-hydrogen) atoms. The molecule has 1 aliphatic heterocycles. The quantitative estimate of drug-likeness (QED) is 0.729. The van der Waals surface area contributed by atoms with E-state index in [1.165, 1.54) is 12.1 Å². The number of fused-ring (bicyclic) bond motifs is 1. The third kappa shape index (κ3) is 3.27. The van der Waals surface area contributed by atoms with E-state index >= 15 is 0 Å². The summed E-state index contributed by atoms with van der Waals surface area (Å²) in [6, 6.07) is 9.92. The van der Waals surface area contributed by atoms with Crippen LogP contribution in [-0.2, 0) is 0 Å². The Morgan fingerprint density at radius 3 is 2.52 bits per heavy atom. The summed E-state index contributed by atoms with van der Waals surface area (Å²) in [5.74, 6) is 0.276. The number of nitrogens with zero attached hydrogens (tertiary/aromatic N) is 3. The molecule has 1 aliphatic rings. The third-order valence-electron chi connectivity index (χ3n) is 4.24. The predicted molar refractivity (Wildman–Crippen MR) is 100 cm³/mol. The molecule has 1 fully saturated rings. The van der Waals surface area contributed by atoms with E-state index in [-0.39, 0.29) is 5.82 Å². The zero-order chi connectivity index (χ0) is 17.4. The van der Waals surface area contributed by atoms with E-state index in [9.17, 15) is 4.39 Å². The molecule has 7 heteroatoms. The Labute approximate surface area is 154 Å². The highest BCUT2D eigenvalue weighted by Crippen LogP contribution is 2.32. The van der Waals surface area contributed by atoms with Crippen molar-refractivity contribution in [1.82, 2.24) is 15.3 Å². The fourth-order valence-corrected chi connectivity index (χ4v) is 3.26. The van der Waals surface area contributed by atoms with E-state index in [4.69, 9.17) is 28.2 Å². The Kier molecular flexibility index (Phi) is 4.46. The first-order valence-electron chi connectivity index (χ1n) is 8.00. The SMILES string of the molecule is Fc1ccc2c(-c3ccc(Cl)c(Cl)c3)nc(N3CCNCC3)nc2c1. The Morgan fingerprint density at radius 2 is 1.76 bits per heavy atom. The summed E-state index contributed by atoms with van der Waals surface area (Å²) in [5, 5.41) is 5.02. The number of hydrogen-bond donors (Lipinski definition) is 1. The first-order valence-corrected chi connectivity index (χ1v) is 8.76. The predicted octanol–water partition coefficient (Wildman–Crippen LogP) is 4.15. The lowest BCUT2D eigenvalue weighted by Gasteiger charge is -2.28. The van der Waals surface area contributed by atoms with Gasteiger partial charge in [-0.05, 0) is 24.3 Å². The maximum Gasteiger partial charge on any atom is 0.226 e. The number of nitrogens with one attached hydrogen (secondary N) is 1. The zero-order valence-corrected chi connectivity index (χ0v) is 14.8. The average Bonchev–Trinajstić information content (AvgIpc) is 2.63. The molecule has 0 spiro atoms. The second-order valence-electron chi connectivity index (χ2n) is 5.90. The van der Waals surface area contributed by atoms with Gasteiger partial charge in [0.2, 0.25) is 5.95 Å². The van der Waals surface area contributed by atoms with Gasteiger partial charge in [-0.1, -0.05) is 29.3 Å². The molecular weight excluding hydrogens is 362 g/mol. The highest BCUT2D eigenvalue weighted by Gasteiger charge is 2.17. The van der Waals surface area contributed by atoms with Crippen molar-refractivity contribution in [1.29, 1.82) is 0 Å². The van der Waals surface area contributed by atoms with Crippen LogP contribution in [0.2, 0.25) is 10.0 Å². The third-order valence-corrected chi connectivity index (χ3v) is 4.98. The van der Waals surface area contributed by atoms with Crippen molar-refractivity contribution in [3.63, 3.8) is 0 Å². The van der Waals surface area contributed by atoms with E-state index in [0.29, 0.717) is 21.5 Å². The van der Waals surface area contributed by atoms with Gasteiger partial charge >= 0.3 is 0 Å². The molecule has 0 aliphatic carbocycles. The van der Waals surface area contributed by atoms with Crippen LogP contribution in [0.5, 0.6) is 0 Å². The minimum atomic E-state index is -0.322. The van der Waals surface area contributed by atoms with Gasteiger partial charge in [0.05, 0.1) is 21.3 Å².